The normalized spacial score (nSPS) is 14.0. The molecule has 3 rings (SSSR count). The van der Waals surface area contributed by atoms with Crippen molar-refractivity contribution < 1.29 is 13.2 Å². The molecule has 0 bridgehead atoms. The summed E-state index contributed by atoms with van der Waals surface area (Å²) in [6.45, 7) is 4.23. The van der Waals surface area contributed by atoms with Gasteiger partial charge >= 0.3 is 0 Å². The van der Waals surface area contributed by atoms with Gasteiger partial charge in [0.15, 0.2) is 0 Å². The second-order valence-corrected chi connectivity index (χ2v) is 10.1. The molecule has 0 saturated carbocycles. The number of aryl methyl sites for hydroxylation is 2. The standard InChI is InChI=1S/C20H28N4O3S2/c1-3-14(4-2)19-23-24-20(28-19)22-18(25)11-12-21-29(26,27)17-10-9-15-7-5-6-8-16(15)13-17/h9-10,13-14,21H,3-8,11-12H2,1-2H3,(H,22,24,25). The zero-order valence-corrected chi connectivity index (χ0v) is 18.5. The number of nitrogens with one attached hydrogen (secondary N) is 2. The SMILES string of the molecule is CCC(CC)c1nnc(NC(=O)CCNS(=O)(=O)c2ccc3c(c2)CCCC3)s1. The van der Waals surface area contributed by atoms with Gasteiger partial charge in [0.05, 0.1) is 4.90 Å². The van der Waals surface area contributed by atoms with Crippen molar-refractivity contribution in [2.45, 2.75) is 69.6 Å². The highest BCUT2D eigenvalue weighted by molar-refractivity contribution is 7.89. The molecule has 1 aromatic heterocycles. The van der Waals surface area contributed by atoms with E-state index in [0.717, 1.165) is 49.1 Å². The molecule has 158 valence electrons. The lowest BCUT2D eigenvalue weighted by molar-refractivity contribution is -0.116. The van der Waals surface area contributed by atoms with Crippen LogP contribution in [0.3, 0.4) is 0 Å². The molecule has 0 radical (unpaired) electrons. The van der Waals surface area contributed by atoms with E-state index in [1.54, 1.807) is 12.1 Å². The second-order valence-electron chi connectivity index (χ2n) is 7.29. The van der Waals surface area contributed by atoms with Crippen molar-refractivity contribution in [2.24, 2.45) is 0 Å². The Morgan fingerprint density at radius 3 is 2.59 bits per heavy atom. The van der Waals surface area contributed by atoms with Gasteiger partial charge < -0.3 is 5.32 Å². The number of amides is 1. The van der Waals surface area contributed by atoms with Gasteiger partial charge in [-0.3, -0.25) is 4.79 Å². The van der Waals surface area contributed by atoms with Gasteiger partial charge in [-0.25, -0.2) is 13.1 Å². The molecule has 0 saturated heterocycles. The highest BCUT2D eigenvalue weighted by Gasteiger charge is 2.18. The molecule has 0 spiro atoms. The number of anilines is 1. The first-order valence-electron chi connectivity index (χ1n) is 10.2. The van der Waals surface area contributed by atoms with Gasteiger partial charge in [0.2, 0.25) is 21.1 Å². The van der Waals surface area contributed by atoms with Crippen LogP contribution in [0, 0.1) is 0 Å². The van der Waals surface area contributed by atoms with E-state index in [1.807, 2.05) is 6.07 Å². The van der Waals surface area contributed by atoms with Gasteiger partial charge in [-0.1, -0.05) is 31.3 Å². The van der Waals surface area contributed by atoms with E-state index in [2.05, 4.69) is 34.1 Å². The monoisotopic (exact) mass is 436 g/mol. The Hall–Kier alpha value is -1.84. The topological polar surface area (TPSA) is 101 Å². The fraction of sp³-hybridized carbons (Fsp3) is 0.550. The van der Waals surface area contributed by atoms with E-state index in [1.165, 1.54) is 16.9 Å². The first kappa shape index (κ1) is 21.9. The van der Waals surface area contributed by atoms with Crippen LogP contribution in [0.15, 0.2) is 23.1 Å². The summed E-state index contributed by atoms with van der Waals surface area (Å²) in [5.74, 6) is 0.0620. The number of aromatic nitrogens is 2. The molecule has 1 amide bonds. The zero-order chi connectivity index (χ0) is 20.9. The van der Waals surface area contributed by atoms with E-state index in [-0.39, 0.29) is 23.8 Å². The lowest BCUT2D eigenvalue weighted by Gasteiger charge is -2.16. The maximum absolute atomic E-state index is 12.5. The smallest absolute Gasteiger partial charge is 0.240 e. The summed E-state index contributed by atoms with van der Waals surface area (Å²) in [5, 5.41) is 12.2. The number of carbonyl (C=O) groups excluding carboxylic acids is 1. The minimum absolute atomic E-state index is 0.0312. The van der Waals surface area contributed by atoms with Crippen LogP contribution in [-0.2, 0) is 27.7 Å². The quantitative estimate of drug-likeness (QED) is 0.625. The van der Waals surface area contributed by atoms with Crippen LogP contribution in [-0.4, -0.2) is 31.1 Å². The van der Waals surface area contributed by atoms with Crippen molar-refractivity contribution in [1.29, 1.82) is 0 Å². The Balaban J connectivity index is 1.52. The number of benzene rings is 1. The van der Waals surface area contributed by atoms with Crippen molar-refractivity contribution in [2.75, 3.05) is 11.9 Å². The van der Waals surface area contributed by atoms with Crippen molar-refractivity contribution in [3.05, 3.63) is 34.3 Å². The fourth-order valence-electron chi connectivity index (χ4n) is 3.53. The van der Waals surface area contributed by atoms with Crippen LogP contribution in [0.1, 0.15) is 68.0 Å². The van der Waals surface area contributed by atoms with E-state index in [0.29, 0.717) is 11.0 Å². The number of fused-ring (bicyclic) bond motifs is 1. The second kappa shape index (κ2) is 9.77. The summed E-state index contributed by atoms with van der Waals surface area (Å²) in [5.41, 5.74) is 2.35. The number of nitrogens with zero attached hydrogens (tertiary/aromatic N) is 2. The van der Waals surface area contributed by atoms with Crippen LogP contribution in [0.4, 0.5) is 5.13 Å². The molecule has 29 heavy (non-hydrogen) atoms. The maximum Gasteiger partial charge on any atom is 0.240 e. The lowest BCUT2D eigenvalue weighted by Crippen LogP contribution is -2.28. The van der Waals surface area contributed by atoms with Crippen LogP contribution >= 0.6 is 11.3 Å². The number of rotatable bonds is 9. The Morgan fingerprint density at radius 1 is 1.14 bits per heavy atom. The average molecular weight is 437 g/mol. The third-order valence-electron chi connectivity index (χ3n) is 5.30. The summed E-state index contributed by atoms with van der Waals surface area (Å²) >= 11 is 1.37. The zero-order valence-electron chi connectivity index (χ0n) is 16.9. The van der Waals surface area contributed by atoms with Crippen molar-refractivity contribution >= 4 is 32.4 Å². The van der Waals surface area contributed by atoms with Gasteiger partial charge in [-0.2, -0.15) is 0 Å². The Morgan fingerprint density at radius 2 is 1.86 bits per heavy atom. The van der Waals surface area contributed by atoms with E-state index in [4.69, 9.17) is 0 Å². The molecule has 0 fully saturated rings. The minimum Gasteiger partial charge on any atom is -0.300 e. The molecule has 0 atom stereocenters. The van der Waals surface area contributed by atoms with Gasteiger partial charge in [0, 0.05) is 18.9 Å². The third-order valence-corrected chi connectivity index (χ3v) is 7.76. The van der Waals surface area contributed by atoms with E-state index < -0.39 is 10.0 Å². The summed E-state index contributed by atoms with van der Waals surface area (Å²) in [6, 6.07) is 5.31. The molecule has 1 heterocycles. The number of hydrogen-bond donors (Lipinski definition) is 2. The third kappa shape index (κ3) is 5.61. The first-order valence-corrected chi connectivity index (χ1v) is 12.5. The average Bonchev–Trinajstić information content (AvgIpc) is 3.16. The molecule has 9 heteroatoms. The molecule has 7 nitrogen and oxygen atoms in total. The van der Waals surface area contributed by atoms with E-state index >= 15 is 0 Å². The first-order chi connectivity index (χ1) is 13.9. The van der Waals surface area contributed by atoms with E-state index in [9.17, 15) is 13.2 Å². The number of hydrogen-bond acceptors (Lipinski definition) is 6. The lowest BCUT2D eigenvalue weighted by atomic mass is 9.92. The summed E-state index contributed by atoms with van der Waals surface area (Å²) < 4.78 is 27.6. The van der Waals surface area contributed by atoms with Gasteiger partial charge in [-0.05, 0) is 61.8 Å². The highest BCUT2D eigenvalue weighted by Crippen LogP contribution is 2.28. The molecular formula is C20H28N4O3S2. The van der Waals surface area contributed by atoms with Crippen LogP contribution < -0.4 is 10.0 Å². The Kier molecular flexibility index (Phi) is 7.37. The predicted octanol–water partition coefficient (Wildman–Crippen LogP) is 3.63. The fourth-order valence-corrected chi connectivity index (χ4v) is 5.64. The van der Waals surface area contributed by atoms with Crippen molar-refractivity contribution in [3.63, 3.8) is 0 Å². The molecule has 1 aromatic carbocycles. The minimum atomic E-state index is -3.63. The van der Waals surface area contributed by atoms with Gasteiger partial charge in [0.25, 0.3) is 0 Å². The van der Waals surface area contributed by atoms with Crippen LogP contribution in [0.5, 0.6) is 0 Å². The molecule has 1 aliphatic carbocycles. The highest BCUT2D eigenvalue weighted by atomic mass is 32.2. The maximum atomic E-state index is 12.5. The van der Waals surface area contributed by atoms with Crippen molar-refractivity contribution in [1.82, 2.24) is 14.9 Å². The number of sulfonamides is 1. The molecule has 2 N–H and O–H groups in total. The van der Waals surface area contributed by atoms with Crippen LogP contribution in [0.25, 0.3) is 0 Å². The Bertz CT molecular complexity index is 952. The van der Waals surface area contributed by atoms with Crippen LogP contribution in [0.2, 0.25) is 0 Å². The van der Waals surface area contributed by atoms with Crippen molar-refractivity contribution in [3.8, 4) is 0 Å². The molecular weight excluding hydrogens is 408 g/mol. The predicted molar refractivity (Wildman–Crippen MR) is 115 cm³/mol. The Labute approximate surface area is 176 Å². The molecule has 2 aromatic rings. The van der Waals surface area contributed by atoms with Gasteiger partial charge in [0.1, 0.15) is 5.01 Å². The largest absolute Gasteiger partial charge is 0.300 e. The number of carbonyl (C=O) groups is 1. The van der Waals surface area contributed by atoms with Gasteiger partial charge in [-0.15, -0.1) is 10.2 Å². The summed E-state index contributed by atoms with van der Waals surface area (Å²) in [6.07, 6.45) is 6.15. The summed E-state index contributed by atoms with van der Waals surface area (Å²) in [7, 11) is -3.63. The summed E-state index contributed by atoms with van der Waals surface area (Å²) in [4.78, 5) is 12.4. The molecule has 0 unspecified atom stereocenters. The molecule has 1 aliphatic rings. The molecule has 0 aliphatic heterocycles.